The number of amides is 1. The maximum absolute atomic E-state index is 13.1. The number of benzene rings is 2. The van der Waals surface area contributed by atoms with Gasteiger partial charge in [0.25, 0.3) is 0 Å². The Morgan fingerprint density at radius 3 is 2.69 bits per heavy atom. The van der Waals surface area contributed by atoms with E-state index in [0.29, 0.717) is 4.34 Å². The molecular weight excluding hydrogens is 405 g/mol. The van der Waals surface area contributed by atoms with Crippen LogP contribution in [0.4, 0.5) is 18.9 Å². The Balaban J connectivity index is 1.75. The van der Waals surface area contributed by atoms with Gasteiger partial charge in [-0.2, -0.15) is 13.2 Å². The van der Waals surface area contributed by atoms with Crippen LogP contribution in [0.2, 0.25) is 5.02 Å². The number of rotatable bonds is 4. The molecule has 0 aliphatic heterocycles. The molecule has 0 radical (unpaired) electrons. The lowest BCUT2D eigenvalue weighted by Crippen LogP contribution is -2.24. The Hall–Kier alpha value is -1.77. The number of thiazole rings is 1. The molecule has 3 nitrogen and oxygen atoms in total. The first kappa shape index (κ1) is 19.0. The zero-order valence-corrected chi connectivity index (χ0v) is 15.7. The number of nitrogens with one attached hydrogen (secondary N) is 1. The zero-order valence-electron chi connectivity index (χ0n) is 13.3. The third-order valence-corrected chi connectivity index (χ3v) is 5.93. The van der Waals surface area contributed by atoms with E-state index in [9.17, 15) is 18.0 Å². The number of hydrogen-bond donors (Lipinski definition) is 1. The number of aromatic nitrogens is 1. The molecule has 0 aliphatic rings. The van der Waals surface area contributed by atoms with Crippen molar-refractivity contribution in [1.82, 2.24) is 4.98 Å². The minimum Gasteiger partial charge on any atom is -0.325 e. The highest BCUT2D eigenvalue weighted by Crippen LogP contribution is 2.37. The maximum atomic E-state index is 13.1. The number of thioether (sulfide) groups is 1. The van der Waals surface area contributed by atoms with Gasteiger partial charge in [-0.3, -0.25) is 4.79 Å². The lowest BCUT2D eigenvalue weighted by molar-refractivity contribution is -0.137. The summed E-state index contributed by atoms with van der Waals surface area (Å²) < 4.78 is 41.0. The predicted octanol–water partition coefficient (Wildman–Crippen LogP) is 6.09. The van der Waals surface area contributed by atoms with E-state index in [1.165, 1.54) is 29.2 Å². The van der Waals surface area contributed by atoms with Crippen molar-refractivity contribution in [2.45, 2.75) is 22.7 Å². The molecule has 0 fully saturated rings. The summed E-state index contributed by atoms with van der Waals surface area (Å²) >= 11 is 8.28. The Morgan fingerprint density at radius 2 is 2.00 bits per heavy atom. The van der Waals surface area contributed by atoms with E-state index in [4.69, 9.17) is 11.6 Å². The maximum Gasteiger partial charge on any atom is 0.418 e. The number of carbonyl (C=O) groups is 1. The zero-order chi connectivity index (χ0) is 18.9. The molecule has 0 aliphatic carbocycles. The number of para-hydroxylation sites is 1. The van der Waals surface area contributed by atoms with E-state index < -0.39 is 22.9 Å². The van der Waals surface area contributed by atoms with Gasteiger partial charge in [0, 0.05) is 5.02 Å². The van der Waals surface area contributed by atoms with Gasteiger partial charge < -0.3 is 5.32 Å². The molecule has 0 unspecified atom stereocenters. The highest BCUT2D eigenvalue weighted by molar-refractivity contribution is 8.02. The third kappa shape index (κ3) is 4.31. The van der Waals surface area contributed by atoms with Crippen molar-refractivity contribution in [1.29, 1.82) is 0 Å². The second-order valence-corrected chi connectivity index (χ2v) is 8.44. The monoisotopic (exact) mass is 416 g/mol. The van der Waals surface area contributed by atoms with E-state index in [2.05, 4.69) is 10.3 Å². The Labute approximate surface area is 160 Å². The number of carbonyl (C=O) groups excluding carboxylic acids is 1. The molecule has 1 N–H and O–H groups in total. The fourth-order valence-corrected chi connectivity index (χ4v) is 4.58. The second-order valence-electron chi connectivity index (χ2n) is 5.38. The average Bonchev–Trinajstić information content (AvgIpc) is 2.97. The van der Waals surface area contributed by atoms with Gasteiger partial charge in [0.05, 0.1) is 26.7 Å². The fraction of sp³-hybridized carbons (Fsp3) is 0.176. The molecule has 1 aromatic heterocycles. The lowest BCUT2D eigenvalue weighted by atomic mass is 10.1. The molecule has 1 atom stereocenters. The van der Waals surface area contributed by atoms with Crippen molar-refractivity contribution in [3.63, 3.8) is 0 Å². The summed E-state index contributed by atoms with van der Waals surface area (Å²) in [6.45, 7) is 1.62. The van der Waals surface area contributed by atoms with Crippen LogP contribution in [-0.2, 0) is 11.0 Å². The summed E-state index contributed by atoms with van der Waals surface area (Å²) in [5.74, 6) is -0.540. The van der Waals surface area contributed by atoms with Gasteiger partial charge >= 0.3 is 6.18 Å². The number of alkyl halides is 3. The van der Waals surface area contributed by atoms with Crippen molar-refractivity contribution in [2.24, 2.45) is 0 Å². The smallest absolute Gasteiger partial charge is 0.325 e. The van der Waals surface area contributed by atoms with E-state index in [1.54, 1.807) is 6.92 Å². The van der Waals surface area contributed by atoms with Crippen LogP contribution in [0.15, 0.2) is 46.8 Å². The predicted molar refractivity (Wildman–Crippen MR) is 100 cm³/mol. The molecule has 2 aromatic carbocycles. The number of hydrogen-bond acceptors (Lipinski definition) is 4. The first-order chi connectivity index (χ1) is 12.2. The van der Waals surface area contributed by atoms with E-state index >= 15 is 0 Å². The summed E-state index contributed by atoms with van der Waals surface area (Å²) in [7, 11) is 0. The van der Waals surface area contributed by atoms with Gasteiger partial charge in [-0.1, -0.05) is 35.5 Å². The Bertz CT molecular complexity index is 926. The molecular formula is C17H12ClF3N2OS2. The Kier molecular flexibility index (Phi) is 5.45. The quantitative estimate of drug-likeness (QED) is 0.523. The summed E-state index contributed by atoms with van der Waals surface area (Å²) in [4.78, 5) is 16.8. The van der Waals surface area contributed by atoms with Crippen LogP contribution in [-0.4, -0.2) is 16.1 Å². The van der Waals surface area contributed by atoms with Crippen LogP contribution in [0.3, 0.4) is 0 Å². The van der Waals surface area contributed by atoms with E-state index in [0.717, 1.165) is 22.3 Å². The topological polar surface area (TPSA) is 42.0 Å². The SMILES string of the molecule is C[C@H](Sc1nc2ccccc2s1)C(=O)Nc1ccc(Cl)cc1C(F)(F)F. The third-order valence-electron chi connectivity index (χ3n) is 3.47. The number of nitrogens with zero attached hydrogens (tertiary/aromatic N) is 1. The number of fused-ring (bicyclic) bond motifs is 1. The van der Waals surface area contributed by atoms with Gasteiger partial charge in [-0.05, 0) is 37.3 Å². The second kappa shape index (κ2) is 7.46. The lowest BCUT2D eigenvalue weighted by Gasteiger charge is -2.16. The normalized spacial score (nSPS) is 13.0. The molecule has 9 heteroatoms. The molecule has 136 valence electrons. The minimum atomic E-state index is -4.61. The Morgan fingerprint density at radius 1 is 1.27 bits per heavy atom. The molecule has 3 rings (SSSR count). The van der Waals surface area contributed by atoms with E-state index in [-0.39, 0.29) is 10.7 Å². The van der Waals surface area contributed by atoms with E-state index in [1.807, 2.05) is 24.3 Å². The molecule has 0 bridgehead atoms. The van der Waals surface area contributed by atoms with Gasteiger partial charge in [-0.25, -0.2) is 4.98 Å². The van der Waals surface area contributed by atoms with Crippen molar-refractivity contribution in [3.05, 3.63) is 53.1 Å². The first-order valence-electron chi connectivity index (χ1n) is 7.44. The summed E-state index contributed by atoms with van der Waals surface area (Å²) in [6.07, 6.45) is -4.61. The molecule has 0 saturated carbocycles. The van der Waals surface area contributed by atoms with Crippen molar-refractivity contribution >= 4 is 56.5 Å². The minimum absolute atomic E-state index is 0.0489. The van der Waals surface area contributed by atoms with Gasteiger partial charge in [-0.15, -0.1) is 11.3 Å². The molecule has 1 heterocycles. The van der Waals surface area contributed by atoms with Crippen molar-refractivity contribution in [2.75, 3.05) is 5.32 Å². The van der Waals surface area contributed by atoms with Crippen LogP contribution in [0, 0.1) is 0 Å². The highest BCUT2D eigenvalue weighted by atomic mass is 35.5. The number of anilines is 1. The van der Waals surface area contributed by atoms with Crippen LogP contribution >= 0.6 is 34.7 Å². The summed E-state index contributed by atoms with van der Waals surface area (Å²) in [5.41, 5.74) is -0.469. The highest BCUT2D eigenvalue weighted by Gasteiger charge is 2.34. The molecule has 26 heavy (non-hydrogen) atoms. The first-order valence-corrected chi connectivity index (χ1v) is 9.51. The van der Waals surface area contributed by atoms with Gasteiger partial charge in [0.1, 0.15) is 0 Å². The van der Waals surface area contributed by atoms with Gasteiger partial charge in [0.2, 0.25) is 5.91 Å². The molecule has 1 amide bonds. The van der Waals surface area contributed by atoms with Crippen molar-refractivity contribution in [3.8, 4) is 0 Å². The summed E-state index contributed by atoms with van der Waals surface area (Å²) in [5, 5.41) is 1.67. The molecule has 3 aromatic rings. The summed E-state index contributed by atoms with van der Waals surface area (Å²) in [6, 6.07) is 10.8. The molecule has 0 spiro atoms. The number of halogens is 4. The molecule has 0 saturated heterocycles. The largest absolute Gasteiger partial charge is 0.418 e. The van der Waals surface area contributed by atoms with Crippen LogP contribution in [0.25, 0.3) is 10.2 Å². The average molecular weight is 417 g/mol. The van der Waals surface area contributed by atoms with Crippen LogP contribution < -0.4 is 5.32 Å². The van der Waals surface area contributed by atoms with Crippen LogP contribution in [0.1, 0.15) is 12.5 Å². The standard InChI is InChI=1S/C17H12ClF3N2OS2/c1-9(25-16-23-13-4-2-3-5-14(13)26-16)15(24)22-12-7-6-10(18)8-11(12)17(19,20)21/h2-9H,1H3,(H,22,24)/t9-/m0/s1. The van der Waals surface area contributed by atoms with Crippen LogP contribution in [0.5, 0.6) is 0 Å². The fourth-order valence-electron chi connectivity index (χ4n) is 2.20. The van der Waals surface area contributed by atoms with Crippen molar-refractivity contribution < 1.29 is 18.0 Å². The van der Waals surface area contributed by atoms with Gasteiger partial charge in [0.15, 0.2) is 4.34 Å².